The van der Waals surface area contributed by atoms with Gasteiger partial charge in [-0.15, -0.1) is 0 Å². The molecule has 32 valence electrons. The van der Waals surface area contributed by atoms with Crippen LogP contribution in [0.3, 0.4) is 0 Å². The molecular formula is C5H12. The van der Waals surface area contributed by atoms with Gasteiger partial charge in [0.05, 0.1) is 0 Å². The largest absolute Gasteiger partial charge is 0.0651 e. The monoisotopic (exact) mass is 73.1 g/mol. The summed E-state index contributed by atoms with van der Waals surface area (Å²) in [7, 11) is 0. The summed E-state index contributed by atoms with van der Waals surface area (Å²) in [4.78, 5) is 0. The Balaban J connectivity index is 2.54. The van der Waals surface area contributed by atoms with Crippen LogP contribution in [-0.2, 0) is 0 Å². The zero-order valence-electron chi connectivity index (χ0n) is 4.28. The molecule has 0 saturated carbocycles. The van der Waals surface area contributed by atoms with Gasteiger partial charge < -0.3 is 0 Å². The van der Waals surface area contributed by atoms with Crippen LogP contribution in [-0.4, -0.2) is 0 Å². The van der Waals surface area contributed by atoms with E-state index in [0.29, 0.717) is 0 Å². The molecule has 0 heterocycles. The molecule has 0 rings (SSSR count). The van der Waals surface area contributed by atoms with Crippen molar-refractivity contribution in [3.8, 4) is 0 Å². The van der Waals surface area contributed by atoms with Crippen LogP contribution < -0.4 is 0 Å². The summed E-state index contributed by atoms with van der Waals surface area (Å²) in [6, 6.07) is 0. The van der Waals surface area contributed by atoms with Crippen molar-refractivity contribution in [1.29, 1.82) is 0 Å². The van der Waals surface area contributed by atoms with Crippen molar-refractivity contribution in [3.63, 3.8) is 0 Å². The highest BCUT2D eigenvalue weighted by molar-refractivity contribution is 4.32. The molecule has 0 saturated heterocycles. The van der Waals surface area contributed by atoms with Gasteiger partial charge in [0, 0.05) is 0 Å². The van der Waals surface area contributed by atoms with Crippen LogP contribution in [0.15, 0.2) is 0 Å². The fraction of sp³-hybridized carbons (Fsp3) is 1.00. The molecule has 0 spiro atoms. The van der Waals surface area contributed by atoms with Gasteiger partial charge in [0.2, 0.25) is 0 Å². The lowest BCUT2D eigenvalue weighted by Crippen LogP contribution is -1.77. The molecule has 0 amide bonds. The van der Waals surface area contributed by atoms with E-state index < -0.39 is 0 Å². The van der Waals surface area contributed by atoms with Gasteiger partial charge in [-0.25, -0.2) is 0 Å². The van der Waals surface area contributed by atoms with Crippen molar-refractivity contribution < 1.29 is 0 Å². The van der Waals surface area contributed by atoms with Crippen molar-refractivity contribution in [1.82, 2.24) is 0 Å². The van der Waals surface area contributed by atoms with E-state index in [-0.39, 0.29) is 0 Å². The fourth-order valence-electron chi connectivity index (χ4n) is 0. The first-order valence-corrected chi connectivity index (χ1v) is 2.27. The van der Waals surface area contributed by atoms with E-state index in [1.165, 1.54) is 6.42 Å². The molecule has 1 unspecified atom stereocenters. The normalized spacial score (nSPS) is 15.0. The van der Waals surface area contributed by atoms with E-state index >= 15 is 0 Å². The molecule has 0 aliphatic rings. The maximum atomic E-state index is 2.22. The van der Waals surface area contributed by atoms with Gasteiger partial charge >= 0.3 is 0 Å². The third-order valence-corrected chi connectivity index (χ3v) is 0.816. The molecule has 0 aliphatic carbocycles. The van der Waals surface area contributed by atoms with Crippen molar-refractivity contribution >= 4 is 0 Å². The molecule has 1 atom stereocenters. The summed E-state index contributed by atoms with van der Waals surface area (Å²) in [5.74, 6) is 0.884. The lowest BCUT2D eigenvalue weighted by molar-refractivity contribution is 0.626. The van der Waals surface area contributed by atoms with Crippen molar-refractivity contribution in [2.24, 2.45) is 5.92 Å². The summed E-state index contributed by atoms with van der Waals surface area (Å²) in [5, 5.41) is 0. The minimum absolute atomic E-state index is 0.884. The summed E-state index contributed by atoms with van der Waals surface area (Å²) in [6.07, 6.45) is 1.31. The second kappa shape index (κ2) is 2.25. The molecule has 0 nitrogen and oxygen atoms in total. The molecule has 0 aromatic rings. The molecule has 0 N–H and O–H groups in total. The summed E-state index contributed by atoms with van der Waals surface area (Å²) in [6.45, 7) is 6.64. The van der Waals surface area contributed by atoms with Crippen LogP contribution in [0.5, 0.6) is 0 Å². The van der Waals surface area contributed by atoms with Gasteiger partial charge in [0.15, 0.2) is 0 Å². The molecular weight excluding hydrogens is 61.0 g/mol. The van der Waals surface area contributed by atoms with Gasteiger partial charge in [0.25, 0.3) is 0 Å². The van der Waals surface area contributed by atoms with Crippen LogP contribution in [0, 0.1) is 5.92 Å². The standard InChI is InChI=1S/C5H12/c1-4-5(2)3/h5H,4H2,1-3H3/i2+1. The second-order valence-corrected chi connectivity index (χ2v) is 1.80. The third kappa shape index (κ3) is 4.00. The van der Waals surface area contributed by atoms with Gasteiger partial charge in [-0.3, -0.25) is 0 Å². The Morgan fingerprint density at radius 3 is 1.60 bits per heavy atom. The van der Waals surface area contributed by atoms with E-state index in [2.05, 4.69) is 20.8 Å². The Kier molecular flexibility index (Phi) is 2.25. The third-order valence-electron chi connectivity index (χ3n) is 0.816. The number of rotatable bonds is 1. The van der Waals surface area contributed by atoms with Crippen LogP contribution in [0.4, 0.5) is 0 Å². The first-order chi connectivity index (χ1) is 2.27. The molecule has 0 heteroatoms. The second-order valence-electron chi connectivity index (χ2n) is 1.80. The summed E-state index contributed by atoms with van der Waals surface area (Å²) in [5.41, 5.74) is 0. The van der Waals surface area contributed by atoms with Crippen LogP contribution in [0.25, 0.3) is 0 Å². The van der Waals surface area contributed by atoms with Crippen LogP contribution in [0.1, 0.15) is 27.2 Å². The zero-order valence-corrected chi connectivity index (χ0v) is 4.28. The fourth-order valence-corrected chi connectivity index (χ4v) is 0. The van der Waals surface area contributed by atoms with Crippen LogP contribution in [0.2, 0.25) is 0 Å². The zero-order chi connectivity index (χ0) is 4.28. The van der Waals surface area contributed by atoms with Gasteiger partial charge in [-0.05, 0) is 5.92 Å². The lowest BCUT2D eigenvalue weighted by Gasteiger charge is -1.90. The minimum atomic E-state index is 0.884. The Morgan fingerprint density at radius 1 is 1.40 bits per heavy atom. The van der Waals surface area contributed by atoms with Gasteiger partial charge in [-0.1, -0.05) is 27.2 Å². The van der Waals surface area contributed by atoms with E-state index in [4.69, 9.17) is 0 Å². The molecule has 5 heavy (non-hydrogen) atoms. The molecule has 0 aliphatic heterocycles. The van der Waals surface area contributed by atoms with E-state index in [1.807, 2.05) is 0 Å². The van der Waals surface area contributed by atoms with Gasteiger partial charge in [-0.2, -0.15) is 0 Å². The van der Waals surface area contributed by atoms with E-state index in [9.17, 15) is 0 Å². The smallest absolute Gasteiger partial charge is 0.0474 e. The molecule has 0 bridgehead atoms. The highest BCUT2D eigenvalue weighted by Gasteiger charge is 1.80. The summed E-state index contributed by atoms with van der Waals surface area (Å²) >= 11 is 0. The van der Waals surface area contributed by atoms with Crippen molar-refractivity contribution in [2.45, 2.75) is 27.2 Å². The average molecular weight is 73.1 g/mol. The maximum Gasteiger partial charge on any atom is -0.0474 e. The van der Waals surface area contributed by atoms with E-state index in [1.54, 1.807) is 0 Å². The Labute approximate surface area is 34.2 Å². The minimum Gasteiger partial charge on any atom is -0.0651 e. The molecule has 0 aromatic carbocycles. The highest BCUT2D eigenvalue weighted by Crippen LogP contribution is 1.93. The topological polar surface area (TPSA) is 0 Å². The van der Waals surface area contributed by atoms with Crippen molar-refractivity contribution in [2.75, 3.05) is 0 Å². The molecule has 0 radical (unpaired) electrons. The molecule has 0 aromatic heterocycles. The molecule has 0 fully saturated rings. The first-order valence-electron chi connectivity index (χ1n) is 2.27. The maximum absolute atomic E-state index is 2.22. The van der Waals surface area contributed by atoms with Gasteiger partial charge in [0.1, 0.15) is 0 Å². The Bertz CT molecular complexity index is 14.0. The first kappa shape index (κ1) is 5.00. The summed E-state index contributed by atoms with van der Waals surface area (Å²) < 4.78 is 0. The predicted octanol–water partition coefficient (Wildman–Crippen LogP) is 2.05. The lowest BCUT2D eigenvalue weighted by atomic mass is 10.2. The highest BCUT2D eigenvalue weighted by atomic mass is 14.1. The van der Waals surface area contributed by atoms with E-state index in [0.717, 1.165) is 5.92 Å². The quantitative estimate of drug-likeness (QED) is 0.417. The number of hydrogen-bond acceptors (Lipinski definition) is 0. The predicted molar refractivity (Wildman–Crippen MR) is 25.1 cm³/mol. The Hall–Kier alpha value is 0. The SMILES string of the molecule is CCC(C)[13CH3]. The van der Waals surface area contributed by atoms with Crippen molar-refractivity contribution in [3.05, 3.63) is 0 Å². The van der Waals surface area contributed by atoms with Crippen LogP contribution >= 0.6 is 0 Å². The average Bonchev–Trinajstić information content (AvgIpc) is 1.38. The number of hydrogen-bond donors (Lipinski definition) is 0. The Morgan fingerprint density at radius 2 is 1.60 bits per heavy atom.